The molecule has 0 radical (unpaired) electrons. The lowest BCUT2D eigenvalue weighted by Crippen LogP contribution is -2.50. The van der Waals surface area contributed by atoms with Crippen LogP contribution in [0.5, 0.6) is 0 Å². The molecule has 5 nitrogen and oxygen atoms in total. The fourth-order valence-corrected chi connectivity index (χ4v) is 4.63. The minimum atomic E-state index is 0.284. The molecule has 1 saturated carbocycles. The van der Waals surface area contributed by atoms with E-state index in [2.05, 4.69) is 32.8 Å². The largest absolute Gasteiger partial charge is 0.352 e. The lowest BCUT2D eigenvalue weighted by Gasteiger charge is -2.36. The van der Waals surface area contributed by atoms with Gasteiger partial charge in [0, 0.05) is 37.0 Å². The number of fused-ring (bicyclic) bond motifs is 1. The Kier molecular flexibility index (Phi) is 3.93. The summed E-state index contributed by atoms with van der Waals surface area (Å²) >= 11 is 1.71. The van der Waals surface area contributed by atoms with Gasteiger partial charge in [0.1, 0.15) is 17.0 Å². The average Bonchev–Trinajstić information content (AvgIpc) is 3.22. The van der Waals surface area contributed by atoms with Crippen LogP contribution in [-0.4, -0.2) is 47.0 Å². The molecule has 2 aliphatic rings. The van der Waals surface area contributed by atoms with Gasteiger partial charge in [0.2, 0.25) is 5.91 Å². The van der Waals surface area contributed by atoms with Crippen molar-refractivity contribution >= 4 is 33.3 Å². The number of hydrogen-bond donors (Lipinski definition) is 0. The first-order valence-corrected chi connectivity index (χ1v) is 9.29. The molecular formula is C17H22N4OS. The Hall–Kier alpha value is -1.69. The van der Waals surface area contributed by atoms with E-state index in [4.69, 9.17) is 0 Å². The fourth-order valence-electron chi connectivity index (χ4n) is 3.79. The first-order valence-electron chi connectivity index (χ1n) is 8.47. The van der Waals surface area contributed by atoms with Crippen molar-refractivity contribution in [3.63, 3.8) is 0 Å². The summed E-state index contributed by atoms with van der Waals surface area (Å²) in [5.74, 6) is 1.68. The molecule has 1 aliphatic carbocycles. The van der Waals surface area contributed by atoms with Crippen molar-refractivity contribution in [2.24, 2.45) is 5.92 Å². The van der Waals surface area contributed by atoms with E-state index in [9.17, 15) is 4.79 Å². The van der Waals surface area contributed by atoms with E-state index in [1.54, 1.807) is 17.7 Å². The second kappa shape index (κ2) is 6.07. The van der Waals surface area contributed by atoms with Gasteiger partial charge in [0.25, 0.3) is 0 Å². The molecule has 2 fully saturated rings. The molecule has 122 valence electrons. The Morgan fingerprint density at radius 2 is 1.91 bits per heavy atom. The predicted molar refractivity (Wildman–Crippen MR) is 92.9 cm³/mol. The van der Waals surface area contributed by atoms with E-state index in [1.807, 2.05) is 0 Å². The van der Waals surface area contributed by atoms with Gasteiger partial charge in [-0.15, -0.1) is 11.3 Å². The van der Waals surface area contributed by atoms with Gasteiger partial charge in [-0.25, -0.2) is 9.97 Å². The van der Waals surface area contributed by atoms with Gasteiger partial charge < -0.3 is 9.80 Å². The molecule has 4 rings (SSSR count). The monoisotopic (exact) mass is 330 g/mol. The van der Waals surface area contributed by atoms with Crippen LogP contribution in [0.1, 0.15) is 30.6 Å². The number of rotatable bonds is 2. The molecule has 3 heterocycles. The van der Waals surface area contributed by atoms with Crippen molar-refractivity contribution in [1.82, 2.24) is 14.9 Å². The molecule has 2 aromatic heterocycles. The molecular weight excluding hydrogens is 308 g/mol. The molecule has 0 N–H and O–H groups in total. The number of piperazine rings is 1. The minimum absolute atomic E-state index is 0.284. The number of aryl methyl sites for hydroxylation is 1. The van der Waals surface area contributed by atoms with E-state index in [-0.39, 0.29) is 5.92 Å². The summed E-state index contributed by atoms with van der Waals surface area (Å²) < 4.78 is 0. The zero-order chi connectivity index (χ0) is 15.8. The second-order valence-electron chi connectivity index (χ2n) is 6.57. The molecule has 2 aromatic rings. The Morgan fingerprint density at radius 1 is 1.17 bits per heavy atom. The van der Waals surface area contributed by atoms with Crippen LogP contribution in [0.25, 0.3) is 10.2 Å². The number of thiophene rings is 1. The first kappa shape index (κ1) is 14.9. The number of aromatic nitrogens is 2. The lowest BCUT2D eigenvalue weighted by atomic mass is 10.1. The highest BCUT2D eigenvalue weighted by atomic mass is 32.1. The third-order valence-electron chi connectivity index (χ3n) is 5.03. The van der Waals surface area contributed by atoms with E-state index in [0.717, 1.165) is 55.1 Å². The minimum Gasteiger partial charge on any atom is -0.352 e. The normalized spacial score (nSPS) is 19.7. The van der Waals surface area contributed by atoms with Crippen molar-refractivity contribution in [1.29, 1.82) is 0 Å². The van der Waals surface area contributed by atoms with E-state index in [1.165, 1.54) is 17.7 Å². The molecule has 1 aliphatic heterocycles. The maximum absolute atomic E-state index is 12.5. The maximum atomic E-state index is 12.5. The highest BCUT2D eigenvalue weighted by Gasteiger charge is 2.30. The summed E-state index contributed by atoms with van der Waals surface area (Å²) in [5.41, 5.74) is 0. The van der Waals surface area contributed by atoms with Gasteiger partial charge >= 0.3 is 0 Å². The van der Waals surface area contributed by atoms with Gasteiger partial charge in [-0.2, -0.15) is 0 Å². The van der Waals surface area contributed by atoms with Crippen molar-refractivity contribution in [3.8, 4) is 0 Å². The molecule has 0 atom stereocenters. The maximum Gasteiger partial charge on any atom is 0.225 e. The summed E-state index contributed by atoms with van der Waals surface area (Å²) in [6.07, 6.45) is 6.25. The van der Waals surface area contributed by atoms with E-state index in [0.29, 0.717) is 5.91 Å². The molecule has 0 spiro atoms. The van der Waals surface area contributed by atoms with Gasteiger partial charge in [-0.05, 0) is 25.8 Å². The lowest BCUT2D eigenvalue weighted by molar-refractivity contribution is -0.135. The standard InChI is InChI=1S/C17H22N4OS/c1-12-10-14-15(18-11-19-16(14)23-12)20-6-8-21(9-7-20)17(22)13-4-2-3-5-13/h10-11,13H,2-9H2,1H3. The van der Waals surface area contributed by atoms with Crippen LogP contribution >= 0.6 is 11.3 Å². The number of nitrogens with zero attached hydrogens (tertiary/aromatic N) is 4. The van der Waals surface area contributed by atoms with E-state index >= 15 is 0 Å². The van der Waals surface area contributed by atoms with Crippen molar-refractivity contribution < 1.29 is 4.79 Å². The van der Waals surface area contributed by atoms with Gasteiger partial charge in [0.15, 0.2) is 0 Å². The summed E-state index contributed by atoms with van der Waals surface area (Å²) in [5, 5.41) is 1.14. The Labute approximate surface area is 140 Å². The fraction of sp³-hybridized carbons (Fsp3) is 0.588. The van der Waals surface area contributed by atoms with Crippen LogP contribution in [0.15, 0.2) is 12.4 Å². The zero-order valence-corrected chi connectivity index (χ0v) is 14.3. The van der Waals surface area contributed by atoms with Crippen LogP contribution in [-0.2, 0) is 4.79 Å². The van der Waals surface area contributed by atoms with Crippen LogP contribution in [0, 0.1) is 12.8 Å². The van der Waals surface area contributed by atoms with Crippen LogP contribution in [0.4, 0.5) is 5.82 Å². The SMILES string of the molecule is Cc1cc2c(N3CCN(C(=O)C4CCCC4)CC3)ncnc2s1. The van der Waals surface area contributed by atoms with Crippen molar-refractivity contribution in [2.45, 2.75) is 32.6 Å². The summed E-state index contributed by atoms with van der Waals surface area (Å²) in [7, 11) is 0. The number of anilines is 1. The molecule has 0 bridgehead atoms. The van der Waals surface area contributed by atoms with Crippen molar-refractivity contribution in [3.05, 3.63) is 17.3 Å². The molecule has 1 saturated heterocycles. The number of carbonyl (C=O) groups excluding carboxylic acids is 1. The Bertz CT molecular complexity index is 714. The third kappa shape index (κ3) is 2.80. The van der Waals surface area contributed by atoms with Crippen LogP contribution < -0.4 is 4.90 Å². The Balaban J connectivity index is 1.47. The molecule has 0 aromatic carbocycles. The molecule has 1 amide bonds. The quantitative estimate of drug-likeness (QED) is 0.849. The Morgan fingerprint density at radius 3 is 2.65 bits per heavy atom. The van der Waals surface area contributed by atoms with Gasteiger partial charge in [0.05, 0.1) is 5.39 Å². The summed E-state index contributed by atoms with van der Waals surface area (Å²) in [4.78, 5) is 28.1. The molecule has 6 heteroatoms. The molecule has 23 heavy (non-hydrogen) atoms. The molecule has 0 unspecified atom stereocenters. The number of carbonyl (C=O) groups is 1. The van der Waals surface area contributed by atoms with Gasteiger partial charge in [-0.3, -0.25) is 4.79 Å². The zero-order valence-electron chi connectivity index (χ0n) is 13.5. The first-order chi connectivity index (χ1) is 11.2. The number of hydrogen-bond acceptors (Lipinski definition) is 5. The highest BCUT2D eigenvalue weighted by molar-refractivity contribution is 7.18. The predicted octanol–water partition coefficient (Wildman–Crippen LogP) is 2.84. The smallest absolute Gasteiger partial charge is 0.225 e. The third-order valence-corrected chi connectivity index (χ3v) is 5.99. The number of amides is 1. The van der Waals surface area contributed by atoms with E-state index < -0.39 is 0 Å². The van der Waals surface area contributed by atoms with Crippen LogP contribution in [0.2, 0.25) is 0 Å². The average molecular weight is 330 g/mol. The second-order valence-corrected chi connectivity index (χ2v) is 7.80. The summed E-state index contributed by atoms with van der Waals surface area (Å²) in [6, 6.07) is 2.17. The van der Waals surface area contributed by atoms with Gasteiger partial charge in [-0.1, -0.05) is 12.8 Å². The topological polar surface area (TPSA) is 49.3 Å². The summed E-state index contributed by atoms with van der Waals surface area (Å²) in [6.45, 7) is 5.45. The van der Waals surface area contributed by atoms with Crippen molar-refractivity contribution in [2.75, 3.05) is 31.1 Å². The highest BCUT2D eigenvalue weighted by Crippen LogP contribution is 2.31. The van der Waals surface area contributed by atoms with Crippen LogP contribution in [0.3, 0.4) is 0 Å².